The van der Waals surface area contributed by atoms with Crippen LogP contribution in [0, 0.1) is 18.3 Å². The number of rotatable bonds is 10. The van der Waals surface area contributed by atoms with Gasteiger partial charge in [0.05, 0.1) is 16.7 Å². The molecule has 1 N–H and O–H groups in total. The van der Waals surface area contributed by atoms with Crippen LogP contribution in [0.25, 0.3) is 11.1 Å². The quantitative estimate of drug-likeness (QED) is 0.184. The molecule has 0 aromatic heterocycles. The lowest BCUT2D eigenvalue weighted by Crippen LogP contribution is -2.45. The topological polar surface area (TPSA) is 114 Å². The van der Waals surface area contributed by atoms with E-state index in [4.69, 9.17) is 30.5 Å². The molecule has 3 aliphatic rings. The highest BCUT2D eigenvalue weighted by Gasteiger charge is 2.36. The van der Waals surface area contributed by atoms with Gasteiger partial charge in [0.1, 0.15) is 44.0 Å². The van der Waals surface area contributed by atoms with Crippen LogP contribution in [0.15, 0.2) is 89.1 Å². The molecule has 0 amide bonds. The van der Waals surface area contributed by atoms with Crippen molar-refractivity contribution in [3.63, 3.8) is 0 Å². The smallest absolute Gasteiger partial charge is 0.325 e. The van der Waals surface area contributed by atoms with Crippen molar-refractivity contribution in [3.05, 3.63) is 117 Å². The molecule has 0 spiro atoms. The Labute approximate surface area is 289 Å². The molecule has 0 saturated carbocycles. The number of nitrogens with zero attached hydrogens (tertiary/aromatic N) is 3. The van der Waals surface area contributed by atoms with Crippen molar-refractivity contribution in [1.82, 2.24) is 4.90 Å². The number of ether oxygens (including phenoxy) is 4. The number of hydrogen-bond acceptors (Lipinski definition) is 8. The molecule has 0 fully saturated rings. The highest BCUT2D eigenvalue weighted by atomic mass is 35.5. The maximum atomic E-state index is 12.5. The standard InChI is InChI=1S/C39H34ClN3O6/c1-24-28(6-3-7-30(24)27-8-9-34-37(18-27)47-15-14-46-34)23-49-36-19-35(48-22-26-5-2-4-25(16-26)20-41)29(17-32(36)40)21-43-13-11-33-31(10-12-42-33)38(43)39(44)45/h2-9,12,16-19,38H,10-11,13-15,21-23H2,1H3,(H,44,45). The molecular formula is C39H34ClN3O6. The van der Waals surface area contributed by atoms with Gasteiger partial charge in [0, 0.05) is 49.5 Å². The molecule has 7 rings (SSSR count). The Morgan fingerprint density at radius 3 is 2.65 bits per heavy atom. The van der Waals surface area contributed by atoms with E-state index in [0.29, 0.717) is 61.2 Å². The molecule has 1 atom stereocenters. The number of carboxylic acids is 1. The Bertz CT molecular complexity index is 2030. The van der Waals surface area contributed by atoms with Crippen molar-refractivity contribution in [2.75, 3.05) is 19.8 Å². The second kappa shape index (κ2) is 14.0. The SMILES string of the molecule is Cc1c(COc2cc(OCc3cccc(C#N)c3)c(CN3CCC4=C(CC=N4)C3C(=O)O)cc2Cl)cccc1-c1ccc2c(c1)OCCO2. The van der Waals surface area contributed by atoms with Crippen molar-refractivity contribution in [3.8, 4) is 40.2 Å². The van der Waals surface area contributed by atoms with Gasteiger partial charge in [-0.2, -0.15) is 5.26 Å². The first kappa shape index (κ1) is 32.3. The van der Waals surface area contributed by atoms with E-state index in [0.717, 1.165) is 56.1 Å². The molecule has 0 bridgehead atoms. The lowest BCUT2D eigenvalue weighted by Gasteiger charge is -2.34. The summed E-state index contributed by atoms with van der Waals surface area (Å²) in [7, 11) is 0. The Kier molecular flexibility index (Phi) is 9.25. The minimum Gasteiger partial charge on any atom is -0.488 e. The number of fused-ring (bicyclic) bond motifs is 1. The first-order valence-corrected chi connectivity index (χ1v) is 16.5. The Balaban J connectivity index is 1.15. The van der Waals surface area contributed by atoms with Gasteiger partial charge in [-0.3, -0.25) is 14.7 Å². The van der Waals surface area contributed by atoms with Gasteiger partial charge in [-0.25, -0.2) is 0 Å². The third kappa shape index (κ3) is 6.84. The number of benzene rings is 4. The molecule has 3 aliphatic heterocycles. The lowest BCUT2D eigenvalue weighted by atomic mass is 9.95. The van der Waals surface area contributed by atoms with Crippen molar-refractivity contribution < 1.29 is 28.8 Å². The molecule has 248 valence electrons. The number of carbonyl (C=O) groups is 1. The largest absolute Gasteiger partial charge is 0.488 e. The van der Waals surface area contributed by atoms with Crippen LogP contribution in [-0.4, -0.2) is 48.0 Å². The minimum absolute atomic E-state index is 0.200. The third-order valence-electron chi connectivity index (χ3n) is 9.12. The highest BCUT2D eigenvalue weighted by molar-refractivity contribution is 6.32. The van der Waals surface area contributed by atoms with Gasteiger partial charge >= 0.3 is 5.97 Å². The summed E-state index contributed by atoms with van der Waals surface area (Å²) >= 11 is 6.86. The summed E-state index contributed by atoms with van der Waals surface area (Å²) in [5, 5.41) is 20.0. The van der Waals surface area contributed by atoms with Gasteiger partial charge in [0.25, 0.3) is 0 Å². The fraction of sp³-hybridized carbons (Fsp3) is 0.256. The zero-order valence-electron chi connectivity index (χ0n) is 26.9. The van der Waals surface area contributed by atoms with Crippen LogP contribution in [0.2, 0.25) is 5.02 Å². The van der Waals surface area contributed by atoms with Gasteiger partial charge in [-0.15, -0.1) is 0 Å². The second-order valence-electron chi connectivity index (χ2n) is 12.2. The molecule has 4 aromatic carbocycles. The minimum atomic E-state index is -0.909. The Morgan fingerprint density at radius 1 is 1.00 bits per heavy atom. The first-order valence-electron chi connectivity index (χ1n) is 16.1. The van der Waals surface area contributed by atoms with Gasteiger partial charge in [0.2, 0.25) is 0 Å². The monoisotopic (exact) mass is 675 g/mol. The zero-order valence-corrected chi connectivity index (χ0v) is 27.7. The number of aliphatic imine (C=N–C) groups is 1. The predicted octanol–water partition coefficient (Wildman–Crippen LogP) is 7.50. The predicted molar refractivity (Wildman–Crippen MR) is 185 cm³/mol. The Morgan fingerprint density at radius 2 is 1.82 bits per heavy atom. The molecule has 9 nitrogen and oxygen atoms in total. The molecule has 0 radical (unpaired) electrons. The summed E-state index contributed by atoms with van der Waals surface area (Å²) in [5.74, 6) is 1.53. The number of hydrogen-bond donors (Lipinski definition) is 1. The van der Waals surface area contributed by atoms with Crippen molar-refractivity contribution in [1.29, 1.82) is 5.26 Å². The first-order chi connectivity index (χ1) is 23.9. The molecular weight excluding hydrogens is 642 g/mol. The van der Waals surface area contributed by atoms with Gasteiger partial charge in [-0.05, 0) is 70.6 Å². The zero-order chi connectivity index (χ0) is 33.9. The van der Waals surface area contributed by atoms with E-state index in [1.54, 1.807) is 30.5 Å². The molecule has 10 heteroatoms. The van der Waals surface area contributed by atoms with Crippen molar-refractivity contribution in [2.45, 2.75) is 45.6 Å². The second-order valence-corrected chi connectivity index (χ2v) is 12.6. The van der Waals surface area contributed by atoms with E-state index in [1.807, 2.05) is 47.4 Å². The summed E-state index contributed by atoms with van der Waals surface area (Å²) in [5.41, 5.74) is 7.93. The van der Waals surface area contributed by atoms with Crippen molar-refractivity contribution >= 4 is 23.8 Å². The molecule has 49 heavy (non-hydrogen) atoms. The molecule has 3 heterocycles. The average molecular weight is 676 g/mol. The van der Waals surface area contributed by atoms with Crippen LogP contribution in [0.4, 0.5) is 0 Å². The van der Waals surface area contributed by atoms with Crippen LogP contribution < -0.4 is 18.9 Å². The average Bonchev–Trinajstić information content (AvgIpc) is 3.60. The number of nitriles is 1. The summed E-state index contributed by atoms with van der Waals surface area (Å²) in [6.07, 6.45) is 2.99. The van der Waals surface area contributed by atoms with Gasteiger partial charge in [0.15, 0.2) is 11.5 Å². The number of carboxylic acid groups (broad SMARTS) is 1. The fourth-order valence-electron chi connectivity index (χ4n) is 6.60. The van der Waals surface area contributed by atoms with Gasteiger partial charge in [-0.1, -0.05) is 48.0 Å². The molecule has 4 aromatic rings. The van der Waals surface area contributed by atoms with Crippen LogP contribution in [0.5, 0.6) is 23.0 Å². The maximum Gasteiger partial charge on any atom is 0.325 e. The fourth-order valence-corrected chi connectivity index (χ4v) is 6.84. The number of aliphatic carboxylic acids is 1. The number of halogens is 1. The summed E-state index contributed by atoms with van der Waals surface area (Å²) in [6, 6.07) is 24.2. The maximum absolute atomic E-state index is 12.5. The Hall–Kier alpha value is -5.30. The van der Waals surface area contributed by atoms with Crippen LogP contribution in [-0.2, 0) is 24.6 Å². The van der Waals surface area contributed by atoms with E-state index in [-0.39, 0.29) is 13.2 Å². The molecule has 0 aliphatic carbocycles. The van der Waals surface area contributed by atoms with Crippen LogP contribution in [0.1, 0.15) is 40.7 Å². The normalized spacial score (nSPS) is 16.6. The van der Waals surface area contributed by atoms with E-state index in [2.05, 4.69) is 24.1 Å². The van der Waals surface area contributed by atoms with Crippen molar-refractivity contribution in [2.24, 2.45) is 4.99 Å². The summed E-state index contributed by atoms with van der Waals surface area (Å²) in [4.78, 5) is 18.8. The van der Waals surface area contributed by atoms with Crippen LogP contribution in [0.3, 0.4) is 0 Å². The van der Waals surface area contributed by atoms with E-state index in [9.17, 15) is 15.2 Å². The van der Waals surface area contributed by atoms with E-state index >= 15 is 0 Å². The highest BCUT2D eigenvalue weighted by Crippen LogP contribution is 2.39. The van der Waals surface area contributed by atoms with E-state index < -0.39 is 12.0 Å². The van der Waals surface area contributed by atoms with E-state index in [1.165, 1.54) is 0 Å². The lowest BCUT2D eigenvalue weighted by molar-refractivity contribution is -0.142. The van der Waals surface area contributed by atoms with Gasteiger partial charge < -0.3 is 24.1 Å². The summed E-state index contributed by atoms with van der Waals surface area (Å²) < 4.78 is 24.2. The van der Waals surface area contributed by atoms with Crippen LogP contribution >= 0.6 is 11.6 Å². The molecule has 0 saturated heterocycles. The molecule has 1 unspecified atom stereocenters. The third-order valence-corrected chi connectivity index (χ3v) is 9.41. The summed E-state index contributed by atoms with van der Waals surface area (Å²) in [6.45, 7) is 4.42.